The van der Waals surface area contributed by atoms with Crippen molar-refractivity contribution in [3.63, 3.8) is 0 Å². The molecule has 3 aromatic heterocycles. The minimum atomic E-state index is 0.713. The van der Waals surface area contributed by atoms with Crippen LogP contribution in [-0.4, -0.2) is 31.1 Å². The second-order valence-corrected chi connectivity index (χ2v) is 6.23. The second-order valence-electron chi connectivity index (χ2n) is 4.40. The Bertz CT molecular complexity index is 698. The Labute approximate surface area is 125 Å². The molecule has 0 radical (unpaired) electrons. The number of nitrogens with one attached hydrogen (secondary N) is 2. The fraction of sp³-hybridized carbons (Fsp3) is 0.417. The van der Waals surface area contributed by atoms with Gasteiger partial charge in [-0.05, 0) is 31.7 Å². The maximum Gasteiger partial charge on any atom is 0.214 e. The number of fused-ring (bicyclic) bond motifs is 1. The van der Waals surface area contributed by atoms with E-state index in [0.717, 1.165) is 35.3 Å². The van der Waals surface area contributed by atoms with Crippen molar-refractivity contribution in [1.82, 2.24) is 29.9 Å². The Morgan fingerprint density at radius 2 is 2.35 bits per heavy atom. The summed E-state index contributed by atoms with van der Waals surface area (Å²) in [6.45, 7) is 5.86. The minimum Gasteiger partial charge on any atom is -0.311 e. The van der Waals surface area contributed by atoms with Crippen molar-refractivity contribution >= 4 is 28.1 Å². The van der Waals surface area contributed by atoms with Gasteiger partial charge in [-0.2, -0.15) is 0 Å². The third kappa shape index (κ3) is 2.72. The number of thiazole rings is 1. The molecule has 3 rings (SSSR count). The molecule has 0 aromatic carbocycles. The number of aromatic amines is 1. The monoisotopic (exact) mass is 308 g/mol. The van der Waals surface area contributed by atoms with Crippen molar-refractivity contribution in [1.29, 1.82) is 0 Å². The van der Waals surface area contributed by atoms with E-state index in [9.17, 15) is 0 Å². The smallest absolute Gasteiger partial charge is 0.214 e. The van der Waals surface area contributed by atoms with Crippen LogP contribution < -0.4 is 5.32 Å². The molecule has 0 aliphatic carbocycles. The van der Waals surface area contributed by atoms with E-state index in [1.807, 2.05) is 6.92 Å². The zero-order chi connectivity index (χ0) is 13.9. The zero-order valence-electron chi connectivity index (χ0n) is 11.4. The number of aromatic nitrogens is 5. The molecule has 3 aromatic rings. The number of rotatable bonds is 6. The minimum absolute atomic E-state index is 0.713. The molecule has 3 heterocycles. The zero-order valence-corrected chi connectivity index (χ0v) is 13.0. The van der Waals surface area contributed by atoms with Crippen LogP contribution in [0.1, 0.15) is 24.9 Å². The number of hydrogen-bond acceptors (Lipinski definition) is 6. The Kier molecular flexibility index (Phi) is 4.04. The molecule has 20 heavy (non-hydrogen) atoms. The molecule has 0 fully saturated rings. The van der Waals surface area contributed by atoms with Crippen molar-refractivity contribution in [2.45, 2.75) is 37.0 Å². The lowest BCUT2D eigenvalue weighted by Gasteiger charge is -2.04. The van der Waals surface area contributed by atoms with Crippen molar-refractivity contribution in [3.05, 3.63) is 23.1 Å². The van der Waals surface area contributed by atoms with Gasteiger partial charge in [-0.3, -0.25) is 9.50 Å². The molecule has 106 valence electrons. The van der Waals surface area contributed by atoms with E-state index in [-0.39, 0.29) is 0 Å². The topological polar surface area (TPSA) is 70.9 Å². The van der Waals surface area contributed by atoms with E-state index in [2.05, 4.69) is 48.4 Å². The summed E-state index contributed by atoms with van der Waals surface area (Å²) in [5.41, 5.74) is 1.17. The first-order chi connectivity index (χ1) is 9.78. The predicted octanol–water partition coefficient (Wildman–Crippen LogP) is 2.47. The summed E-state index contributed by atoms with van der Waals surface area (Å²) in [5, 5.41) is 14.2. The van der Waals surface area contributed by atoms with Crippen LogP contribution in [0.5, 0.6) is 0 Å². The van der Waals surface area contributed by atoms with Gasteiger partial charge in [-0.25, -0.2) is 9.97 Å². The van der Waals surface area contributed by atoms with Gasteiger partial charge in [0.1, 0.15) is 10.9 Å². The maximum atomic E-state index is 4.67. The molecule has 6 nitrogen and oxygen atoms in total. The Morgan fingerprint density at radius 3 is 3.10 bits per heavy atom. The fourth-order valence-corrected chi connectivity index (χ4v) is 3.55. The molecule has 0 amide bonds. The van der Waals surface area contributed by atoms with Gasteiger partial charge in [0.15, 0.2) is 4.96 Å². The van der Waals surface area contributed by atoms with Crippen LogP contribution in [0.4, 0.5) is 0 Å². The summed E-state index contributed by atoms with van der Waals surface area (Å²) in [4.78, 5) is 10.0. The summed E-state index contributed by atoms with van der Waals surface area (Å²) >= 11 is 3.14. The average Bonchev–Trinajstić information content (AvgIpc) is 3.09. The average molecular weight is 308 g/mol. The van der Waals surface area contributed by atoms with Gasteiger partial charge in [0.2, 0.25) is 5.16 Å². The third-order valence-electron chi connectivity index (χ3n) is 2.81. The van der Waals surface area contributed by atoms with E-state index < -0.39 is 0 Å². The Balaban J connectivity index is 1.88. The summed E-state index contributed by atoms with van der Waals surface area (Å²) in [7, 11) is 0. The maximum absolute atomic E-state index is 4.67. The Hall–Kier alpha value is -1.38. The highest BCUT2D eigenvalue weighted by Gasteiger charge is 2.15. The van der Waals surface area contributed by atoms with Gasteiger partial charge >= 0.3 is 0 Å². The van der Waals surface area contributed by atoms with Crippen LogP contribution in [0.15, 0.2) is 21.8 Å². The Morgan fingerprint density at radius 1 is 1.45 bits per heavy atom. The van der Waals surface area contributed by atoms with E-state index in [4.69, 9.17) is 0 Å². The van der Waals surface area contributed by atoms with Gasteiger partial charge in [-0.15, -0.1) is 16.4 Å². The van der Waals surface area contributed by atoms with Gasteiger partial charge < -0.3 is 5.32 Å². The third-order valence-corrected chi connectivity index (χ3v) is 4.45. The second kappa shape index (κ2) is 5.94. The molecule has 0 aliphatic heterocycles. The molecule has 0 saturated heterocycles. The van der Waals surface area contributed by atoms with Crippen molar-refractivity contribution in [2.75, 3.05) is 6.54 Å². The van der Waals surface area contributed by atoms with Crippen LogP contribution in [0.2, 0.25) is 0 Å². The molecule has 8 heteroatoms. The van der Waals surface area contributed by atoms with E-state index in [1.165, 1.54) is 17.5 Å². The number of H-pyrrole nitrogens is 1. The van der Waals surface area contributed by atoms with Crippen LogP contribution in [0.25, 0.3) is 4.96 Å². The van der Waals surface area contributed by atoms with Crippen molar-refractivity contribution < 1.29 is 0 Å². The van der Waals surface area contributed by atoms with Crippen LogP contribution in [0.3, 0.4) is 0 Å². The largest absolute Gasteiger partial charge is 0.311 e. The lowest BCUT2D eigenvalue weighted by Crippen LogP contribution is -2.15. The fourth-order valence-electron chi connectivity index (χ4n) is 1.89. The number of hydrogen-bond donors (Lipinski definition) is 2. The van der Waals surface area contributed by atoms with Gasteiger partial charge in [0.05, 0.1) is 5.69 Å². The molecule has 0 saturated carbocycles. The molecule has 0 unspecified atom stereocenters. The first-order valence-corrected chi connectivity index (χ1v) is 8.19. The summed E-state index contributed by atoms with van der Waals surface area (Å²) in [5.74, 6) is 0.819. The molecule has 2 N–H and O–H groups in total. The predicted molar refractivity (Wildman–Crippen MR) is 80.3 cm³/mol. The van der Waals surface area contributed by atoms with E-state index in [0.29, 0.717) is 5.16 Å². The van der Waals surface area contributed by atoms with Gasteiger partial charge in [0.25, 0.3) is 0 Å². The molecule has 0 aliphatic rings. The summed E-state index contributed by atoms with van der Waals surface area (Å²) in [6, 6.07) is 0. The molecule has 0 bridgehead atoms. The standard InChI is InChI=1S/C12H16N6S2/c1-3-4-13-7-9-10(15-12-18(9)5-6-19-12)20-11-14-8(2)16-17-11/h5-6,13H,3-4,7H2,1-2H3,(H,14,16,17). The summed E-state index contributed by atoms with van der Waals surface area (Å²) in [6.07, 6.45) is 3.18. The SMILES string of the molecule is CCCNCc1c(Sc2n[nH]c(C)n2)nc2sccn12. The normalized spacial score (nSPS) is 11.5. The lowest BCUT2D eigenvalue weighted by molar-refractivity contribution is 0.653. The van der Waals surface area contributed by atoms with E-state index >= 15 is 0 Å². The molecule has 0 atom stereocenters. The van der Waals surface area contributed by atoms with Crippen LogP contribution >= 0.6 is 23.1 Å². The number of imidazole rings is 1. The van der Waals surface area contributed by atoms with Gasteiger partial charge in [0, 0.05) is 18.1 Å². The highest BCUT2D eigenvalue weighted by Crippen LogP contribution is 2.29. The molecule has 0 spiro atoms. The highest BCUT2D eigenvalue weighted by molar-refractivity contribution is 7.99. The highest BCUT2D eigenvalue weighted by atomic mass is 32.2. The first-order valence-electron chi connectivity index (χ1n) is 6.50. The first kappa shape index (κ1) is 13.6. The number of aryl methyl sites for hydroxylation is 1. The summed E-state index contributed by atoms with van der Waals surface area (Å²) < 4.78 is 2.13. The quantitative estimate of drug-likeness (QED) is 0.685. The van der Waals surface area contributed by atoms with Crippen LogP contribution in [-0.2, 0) is 6.54 Å². The lowest BCUT2D eigenvalue weighted by atomic mass is 10.4. The van der Waals surface area contributed by atoms with Crippen molar-refractivity contribution in [3.8, 4) is 0 Å². The van der Waals surface area contributed by atoms with Crippen LogP contribution in [0, 0.1) is 6.92 Å². The van der Waals surface area contributed by atoms with E-state index in [1.54, 1.807) is 11.3 Å². The molecular weight excluding hydrogens is 292 g/mol. The van der Waals surface area contributed by atoms with Crippen molar-refractivity contribution in [2.24, 2.45) is 0 Å². The van der Waals surface area contributed by atoms with Gasteiger partial charge in [-0.1, -0.05) is 6.92 Å². The molecular formula is C12H16N6S2. The number of nitrogens with zero attached hydrogens (tertiary/aromatic N) is 4.